The minimum absolute atomic E-state index is 0.00306. The zero-order valence-corrected chi connectivity index (χ0v) is 14.9. The summed E-state index contributed by atoms with van der Waals surface area (Å²) in [6.45, 7) is 5.26. The van der Waals surface area contributed by atoms with Crippen molar-refractivity contribution in [2.24, 2.45) is 0 Å². The van der Waals surface area contributed by atoms with E-state index in [2.05, 4.69) is 15.6 Å². The summed E-state index contributed by atoms with van der Waals surface area (Å²) in [7, 11) is 0. The molecule has 1 atom stereocenters. The molecule has 0 spiro atoms. The Balaban J connectivity index is 1.51. The molecule has 138 valence electrons. The summed E-state index contributed by atoms with van der Waals surface area (Å²) in [5, 5.41) is 5.30. The Hall–Kier alpha value is -2.77. The first-order valence-electron chi connectivity index (χ1n) is 8.66. The molecular formula is C18H21N3O5. The second kappa shape index (κ2) is 5.89. The number of benzene rings is 1. The number of carbonyl (C=O) groups excluding carboxylic acids is 2. The molecular weight excluding hydrogens is 338 g/mol. The van der Waals surface area contributed by atoms with Crippen molar-refractivity contribution in [1.29, 1.82) is 0 Å². The molecule has 2 amide bonds. The van der Waals surface area contributed by atoms with Crippen LogP contribution in [0.15, 0.2) is 16.5 Å². The zero-order valence-electron chi connectivity index (χ0n) is 14.9. The fourth-order valence-electron chi connectivity index (χ4n) is 2.72. The van der Waals surface area contributed by atoms with Crippen LogP contribution >= 0.6 is 0 Å². The standard InChI is InChI=1S/C18H21N3O5/c1-18(2,3)26-17(23)21-12-8-24-13-6-11-14(7-10(13)19-15(12)22)25-16(20-11)9-4-5-9/h6-7,9,12H,4-5,8H2,1-3H3,(H,19,22)(H,21,23)/t12-/m0/s1. The molecule has 2 aliphatic rings. The second-order valence-corrected chi connectivity index (χ2v) is 7.64. The van der Waals surface area contributed by atoms with Crippen LogP contribution in [0.5, 0.6) is 5.75 Å². The fraction of sp³-hybridized carbons (Fsp3) is 0.500. The van der Waals surface area contributed by atoms with E-state index in [1.165, 1.54) is 0 Å². The quantitative estimate of drug-likeness (QED) is 0.855. The summed E-state index contributed by atoms with van der Waals surface area (Å²) in [5.74, 6) is 1.25. The average molecular weight is 359 g/mol. The Labute approximate surface area is 150 Å². The van der Waals surface area contributed by atoms with Gasteiger partial charge in [-0.15, -0.1) is 0 Å². The molecule has 2 heterocycles. The summed E-state index contributed by atoms with van der Waals surface area (Å²) in [6.07, 6.45) is 1.52. The number of hydrogen-bond acceptors (Lipinski definition) is 6. The Morgan fingerprint density at radius 3 is 2.81 bits per heavy atom. The molecule has 1 fully saturated rings. The first-order valence-corrected chi connectivity index (χ1v) is 8.66. The monoisotopic (exact) mass is 359 g/mol. The van der Waals surface area contributed by atoms with E-state index in [-0.39, 0.29) is 12.5 Å². The van der Waals surface area contributed by atoms with Crippen LogP contribution < -0.4 is 15.4 Å². The Bertz CT molecular complexity index is 879. The SMILES string of the molecule is CC(C)(C)OC(=O)N[C@H]1COc2cc3nc(C4CC4)oc3cc2NC1=O. The maximum absolute atomic E-state index is 12.4. The predicted octanol–water partition coefficient (Wildman–Crippen LogP) is 2.93. The number of aromatic nitrogens is 1. The van der Waals surface area contributed by atoms with Crippen LogP contribution in [-0.4, -0.2) is 35.2 Å². The molecule has 0 radical (unpaired) electrons. The van der Waals surface area contributed by atoms with Crippen LogP contribution in [0.4, 0.5) is 10.5 Å². The number of oxazole rings is 1. The average Bonchev–Trinajstić information content (AvgIpc) is 3.31. The lowest BCUT2D eigenvalue weighted by molar-refractivity contribution is -0.118. The Kier molecular flexibility index (Phi) is 3.78. The molecule has 1 aromatic carbocycles. The number of rotatable bonds is 2. The second-order valence-electron chi connectivity index (χ2n) is 7.64. The third-order valence-electron chi connectivity index (χ3n) is 4.10. The lowest BCUT2D eigenvalue weighted by Gasteiger charge is -2.22. The normalized spacial score (nSPS) is 20.0. The van der Waals surface area contributed by atoms with E-state index < -0.39 is 17.7 Å². The largest absolute Gasteiger partial charge is 0.489 e. The molecule has 26 heavy (non-hydrogen) atoms. The molecule has 2 N–H and O–H groups in total. The van der Waals surface area contributed by atoms with Crippen molar-refractivity contribution in [2.75, 3.05) is 11.9 Å². The minimum atomic E-state index is -0.862. The number of fused-ring (bicyclic) bond motifs is 2. The molecule has 2 aromatic rings. The maximum atomic E-state index is 12.4. The van der Waals surface area contributed by atoms with Crippen LogP contribution in [-0.2, 0) is 9.53 Å². The summed E-state index contributed by atoms with van der Waals surface area (Å²) in [4.78, 5) is 28.8. The predicted molar refractivity (Wildman–Crippen MR) is 93.3 cm³/mol. The highest BCUT2D eigenvalue weighted by Crippen LogP contribution is 2.42. The van der Waals surface area contributed by atoms with Crippen molar-refractivity contribution in [2.45, 2.75) is 51.2 Å². The van der Waals surface area contributed by atoms with E-state index >= 15 is 0 Å². The van der Waals surface area contributed by atoms with E-state index in [9.17, 15) is 9.59 Å². The fourth-order valence-corrected chi connectivity index (χ4v) is 2.72. The molecule has 1 aromatic heterocycles. The van der Waals surface area contributed by atoms with Crippen LogP contribution in [0.25, 0.3) is 11.1 Å². The van der Waals surface area contributed by atoms with Gasteiger partial charge in [-0.25, -0.2) is 9.78 Å². The first kappa shape index (κ1) is 16.7. The van der Waals surface area contributed by atoms with Gasteiger partial charge in [0.25, 0.3) is 5.91 Å². The topological polar surface area (TPSA) is 103 Å². The van der Waals surface area contributed by atoms with Crippen molar-refractivity contribution < 1.29 is 23.5 Å². The van der Waals surface area contributed by atoms with Gasteiger partial charge in [-0.3, -0.25) is 4.79 Å². The molecule has 4 rings (SSSR count). The van der Waals surface area contributed by atoms with E-state index in [4.69, 9.17) is 13.9 Å². The van der Waals surface area contributed by atoms with E-state index in [1.54, 1.807) is 32.9 Å². The number of carbonyl (C=O) groups is 2. The van der Waals surface area contributed by atoms with Crippen LogP contribution in [0, 0.1) is 0 Å². The summed E-state index contributed by atoms with van der Waals surface area (Å²) >= 11 is 0. The highest BCUT2D eigenvalue weighted by molar-refractivity contribution is 6.00. The molecule has 1 saturated carbocycles. The van der Waals surface area contributed by atoms with Gasteiger partial charge in [-0.05, 0) is 33.6 Å². The van der Waals surface area contributed by atoms with Gasteiger partial charge in [0, 0.05) is 18.1 Å². The van der Waals surface area contributed by atoms with Crippen molar-refractivity contribution in [1.82, 2.24) is 10.3 Å². The van der Waals surface area contributed by atoms with Crippen molar-refractivity contribution in [3.63, 3.8) is 0 Å². The summed E-state index contributed by atoms with van der Waals surface area (Å²) < 4.78 is 16.7. The maximum Gasteiger partial charge on any atom is 0.408 e. The lowest BCUT2D eigenvalue weighted by atomic mass is 10.2. The number of hydrogen-bond donors (Lipinski definition) is 2. The van der Waals surface area contributed by atoms with E-state index in [1.807, 2.05) is 0 Å². The van der Waals surface area contributed by atoms with Crippen LogP contribution in [0.2, 0.25) is 0 Å². The van der Waals surface area contributed by atoms with Crippen molar-refractivity contribution in [3.05, 3.63) is 18.0 Å². The molecule has 8 heteroatoms. The van der Waals surface area contributed by atoms with Crippen LogP contribution in [0.1, 0.15) is 45.4 Å². The number of amides is 2. The van der Waals surface area contributed by atoms with Gasteiger partial charge in [-0.1, -0.05) is 0 Å². The highest BCUT2D eigenvalue weighted by Gasteiger charge is 2.31. The van der Waals surface area contributed by atoms with E-state index in [0.717, 1.165) is 18.7 Å². The lowest BCUT2D eigenvalue weighted by Crippen LogP contribution is -2.48. The molecule has 1 aliphatic heterocycles. The number of anilines is 1. The van der Waals surface area contributed by atoms with Gasteiger partial charge in [0.05, 0.1) is 5.69 Å². The highest BCUT2D eigenvalue weighted by atomic mass is 16.6. The number of ether oxygens (including phenoxy) is 2. The smallest absolute Gasteiger partial charge is 0.408 e. The third-order valence-corrected chi connectivity index (χ3v) is 4.10. The third kappa shape index (κ3) is 3.44. The minimum Gasteiger partial charge on any atom is -0.489 e. The first-order chi connectivity index (χ1) is 12.3. The van der Waals surface area contributed by atoms with Gasteiger partial charge < -0.3 is 24.5 Å². The van der Waals surface area contributed by atoms with Crippen molar-refractivity contribution in [3.8, 4) is 5.75 Å². The van der Waals surface area contributed by atoms with Crippen LogP contribution in [0.3, 0.4) is 0 Å². The van der Waals surface area contributed by atoms with Gasteiger partial charge in [0.1, 0.15) is 29.5 Å². The number of nitrogens with zero attached hydrogens (tertiary/aromatic N) is 1. The molecule has 0 saturated heterocycles. The van der Waals surface area contributed by atoms with Gasteiger partial charge in [-0.2, -0.15) is 0 Å². The Morgan fingerprint density at radius 1 is 1.35 bits per heavy atom. The van der Waals surface area contributed by atoms with Gasteiger partial charge in [0.15, 0.2) is 11.5 Å². The molecule has 0 bridgehead atoms. The molecule has 0 unspecified atom stereocenters. The van der Waals surface area contributed by atoms with Gasteiger partial charge in [0.2, 0.25) is 0 Å². The summed E-state index contributed by atoms with van der Waals surface area (Å²) in [5.41, 5.74) is 1.14. The number of nitrogens with one attached hydrogen (secondary N) is 2. The number of alkyl carbamates (subject to hydrolysis) is 1. The van der Waals surface area contributed by atoms with Crippen molar-refractivity contribution >= 4 is 28.8 Å². The summed E-state index contributed by atoms with van der Waals surface area (Å²) in [6, 6.07) is 2.59. The van der Waals surface area contributed by atoms with Gasteiger partial charge >= 0.3 is 6.09 Å². The van der Waals surface area contributed by atoms with E-state index in [0.29, 0.717) is 28.5 Å². The molecule has 1 aliphatic carbocycles. The zero-order chi connectivity index (χ0) is 18.5. The Morgan fingerprint density at radius 2 is 2.12 bits per heavy atom. The molecule has 8 nitrogen and oxygen atoms in total.